The van der Waals surface area contributed by atoms with Gasteiger partial charge in [0.1, 0.15) is 0 Å². The van der Waals surface area contributed by atoms with Gasteiger partial charge in [-0.1, -0.05) is 109 Å². The second kappa shape index (κ2) is 8.00. The summed E-state index contributed by atoms with van der Waals surface area (Å²) in [4.78, 5) is 0. The summed E-state index contributed by atoms with van der Waals surface area (Å²) in [5.74, 6) is 0. The van der Waals surface area contributed by atoms with Gasteiger partial charge in [0.25, 0.3) is 0 Å². The fourth-order valence-corrected chi connectivity index (χ4v) is 3.18. The van der Waals surface area contributed by atoms with Crippen LogP contribution in [0.1, 0.15) is 0 Å². The van der Waals surface area contributed by atoms with Gasteiger partial charge in [0.05, 0.1) is 0 Å². The average Bonchev–Trinajstić information content (AvgIpc) is 2.69. The van der Waals surface area contributed by atoms with Gasteiger partial charge in [0, 0.05) is 0 Å². The fraction of sp³-hybridized carbons (Fsp3) is 0. The second-order valence-corrected chi connectivity index (χ2v) is 5.83. The van der Waals surface area contributed by atoms with E-state index in [0.29, 0.717) is 0 Å². The molecule has 0 aliphatic heterocycles. The van der Waals surface area contributed by atoms with Crippen molar-refractivity contribution >= 4 is 17.6 Å². The molecule has 0 saturated carbocycles. The fourth-order valence-electron chi connectivity index (χ4n) is 3.18. The van der Waals surface area contributed by atoms with Gasteiger partial charge < -0.3 is 0 Å². The summed E-state index contributed by atoms with van der Waals surface area (Å²) in [7, 11) is 0. The summed E-state index contributed by atoms with van der Waals surface area (Å²) in [6, 6.07) is 38.4. The maximum absolute atomic E-state index is 2.21. The molecule has 0 aliphatic rings. The normalized spacial score (nSPS) is 10.1. The molecule has 1 heteroatoms. The van der Waals surface area contributed by atoms with Gasteiger partial charge in [-0.05, 0) is 33.4 Å². The Balaban J connectivity index is 0.00000182. The predicted molar refractivity (Wildman–Crippen MR) is 114 cm³/mol. The van der Waals surface area contributed by atoms with E-state index in [0.717, 1.165) is 0 Å². The summed E-state index contributed by atoms with van der Waals surface area (Å²) in [5.41, 5.74) is 7.56. The largest absolute Gasteiger partial charge is 0.0622 e. The molecule has 0 bridgehead atoms. The zero-order chi connectivity index (χ0) is 16.2. The van der Waals surface area contributed by atoms with Crippen molar-refractivity contribution in [2.45, 2.75) is 0 Å². The Morgan fingerprint density at radius 1 is 0.320 bits per heavy atom. The monoisotopic (exact) mass is 384 g/mol. The van der Waals surface area contributed by atoms with Crippen LogP contribution in [0.3, 0.4) is 0 Å². The summed E-state index contributed by atoms with van der Waals surface area (Å²) in [6.45, 7) is 0. The number of hydrogen-bond acceptors (Lipinski definition) is 0. The Bertz CT molecular complexity index is 872. The van der Waals surface area contributed by atoms with Crippen LogP contribution in [0.5, 0.6) is 0 Å². The van der Waals surface area contributed by atoms with E-state index in [1.54, 1.807) is 0 Å². The topological polar surface area (TPSA) is 0 Å². The molecule has 4 aromatic rings. The van der Waals surface area contributed by atoms with Crippen LogP contribution in [0, 0.1) is 0 Å². The van der Waals surface area contributed by atoms with E-state index < -0.39 is 0 Å². The first-order valence-electron chi connectivity index (χ1n) is 8.23. The third kappa shape index (κ3) is 3.59. The first kappa shape index (κ1) is 17.3. The SMILES string of the molecule is [GeH4].c1ccc(-c2cccc(-c3ccccc3)c2-c2ccccc2)cc1. The maximum atomic E-state index is 2.21. The molecule has 4 aromatic carbocycles. The summed E-state index contributed by atoms with van der Waals surface area (Å²) >= 11 is 0. The van der Waals surface area contributed by atoms with E-state index in [1.165, 1.54) is 33.4 Å². The van der Waals surface area contributed by atoms with E-state index in [1.807, 2.05) is 0 Å². The molecule has 0 N–H and O–H groups in total. The van der Waals surface area contributed by atoms with Crippen LogP contribution >= 0.6 is 0 Å². The Labute approximate surface area is 160 Å². The van der Waals surface area contributed by atoms with Crippen LogP contribution in [-0.4, -0.2) is 17.6 Å². The quantitative estimate of drug-likeness (QED) is 0.425. The van der Waals surface area contributed by atoms with Crippen LogP contribution < -0.4 is 0 Å². The van der Waals surface area contributed by atoms with Crippen LogP contribution in [0.4, 0.5) is 0 Å². The van der Waals surface area contributed by atoms with Crippen molar-refractivity contribution in [3.05, 3.63) is 109 Å². The van der Waals surface area contributed by atoms with Crippen molar-refractivity contribution in [1.82, 2.24) is 0 Å². The van der Waals surface area contributed by atoms with Crippen LogP contribution in [-0.2, 0) is 0 Å². The average molecular weight is 383 g/mol. The van der Waals surface area contributed by atoms with E-state index in [-0.39, 0.29) is 17.6 Å². The molecule has 0 aromatic heterocycles. The molecule has 4 rings (SSSR count). The van der Waals surface area contributed by atoms with Crippen molar-refractivity contribution < 1.29 is 0 Å². The molecular formula is C24H22Ge. The number of rotatable bonds is 3. The van der Waals surface area contributed by atoms with Gasteiger partial charge in [-0.25, -0.2) is 0 Å². The second-order valence-electron chi connectivity index (χ2n) is 5.83. The molecule has 0 saturated heterocycles. The molecule has 0 heterocycles. The zero-order valence-corrected chi connectivity index (χ0v) is 13.4. The van der Waals surface area contributed by atoms with Gasteiger partial charge in [0.2, 0.25) is 0 Å². The Kier molecular flexibility index (Phi) is 5.52. The first-order valence-corrected chi connectivity index (χ1v) is 8.23. The zero-order valence-electron chi connectivity index (χ0n) is 13.4. The molecule has 0 atom stereocenters. The minimum Gasteiger partial charge on any atom is -0.0622 e. The van der Waals surface area contributed by atoms with Gasteiger partial charge in [-0.3, -0.25) is 0 Å². The van der Waals surface area contributed by atoms with Gasteiger partial charge >= 0.3 is 17.6 Å². The third-order valence-electron chi connectivity index (χ3n) is 4.30. The van der Waals surface area contributed by atoms with E-state index in [2.05, 4.69) is 109 Å². The summed E-state index contributed by atoms with van der Waals surface area (Å²) in [6.07, 6.45) is 0. The molecule has 0 aliphatic carbocycles. The van der Waals surface area contributed by atoms with Crippen molar-refractivity contribution in [3.8, 4) is 33.4 Å². The molecule has 25 heavy (non-hydrogen) atoms. The number of benzene rings is 4. The first-order chi connectivity index (χ1) is 11.9. The van der Waals surface area contributed by atoms with E-state index in [4.69, 9.17) is 0 Å². The molecule has 0 nitrogen and oxygen atoms in total. The summed E-state index contributed by atoms with van der Waals surface area (Å²) < 4.78 is 0. The standard InChI is InChI=1S/C24H18.GeH4/c1-4-11-19(12-5-1)22-17-10-18-23(20-13-6-2-7-14-20)24(22)21-15-8-3-9-16-21;/h1-18H;1H4. The Hall–Kier alpha value is -2.58. The molecule has 0 fully saturated rings. The van der Waals surface area contributed by atoms with Crippen molar-refractivity contribution in [1.29, 1.82) is 0 Å². The molecule has 0 spiro atoms. The van der Waals surface area contributed by atoms with E-state index in [9.17, 15) is 0 Å². The maximum Gasteiger partial charge on any atom is -0.00268 e. The van der Waals surface area contributed by atoms with Crippen molar-refractivity contribution in [3.63, 3.8) is 0 Å². The molecule has 0 amide bonds. The molecule has 0 radical (unpaired) electrons. The minimum atomic E-state index is 0. The minimum absolute atomic E-state index is 0. The molecule has 122 valence electrons. The molecule has 0 unspecified atom stereocenters. The summed E-state index contributed by atoms with van der Waals surface area (Å²) in [5, 5.41) is 0. The van der Waals surface area contributed by atoms with Crippen LogP contribution in [0.15, 0.2) is 109 Å². The van der Waals surface area contributed by atoms with Crippen molar-refractivity contribution in [2.75, 3.05) is 0 Å². The van der Waals surface area contributed by atoms with Gasteiger partial charge in [0.15, 0.2) is 0 Å². The van der Waals surface area contributed by atoms with Gasteiger partial charge in [-0.15, -0.1) is 0 Å². The van der Waals surface area contributed by atoms with Gasteiger partial charge in [-0.2, -0.15) is 0 Å². The van der Waals surface area contributed by atoms with Crippen LogP contribution in [0.25, 0.3) is 33.4 Å². The Morgan fingerprint density at radius 3 is 1.08 bits per heavy atom. The Morgan fingerprint density at radius 2 is 0.680 bits per heavy atom. The molecular weight excluding hydrogens is 361 g/mol. The third-order valence-corrected chi connectivity index (χ3v) is 4.30. The predicted octanol–water partition coefficient (Wildman–Crippen LogP) is 5.24. The number of hydrogen-bond donors (Lipinski definition) is 0. The van der Waals surface area contributed by atoms with Crippen molar-refractivity contribution in [2.24, 2.45) is 0 Å². The smallest absolute Gasteiger partial charge is 0.00268 e. The van der Waals surface area contributed by atoms with E-state index >= 15 is 0 Å². The van der Waals surface area contributed by atoms with Crippen LogP contribution in [0.2, 0.25) is 0 Å².